The van der Waals surface area contributed by atoms with Crippen molar-refractivity contribution < 1.29 is 13.0 Å². The van der Waals surface area contributed by atoms with Crippen LogP contribution in [0.15, 0.2) is 0 Å². The number of rotatable bonds is 7. The summed E-state index contributed by atoms with van der Waals surface area (Å²) in [5.74, 6) is 0. The molecule has 0 aliphatic heterocycles. The molecule has 0 bridgehead atoms. The van der Waals surface area contributed by atoms with E-state index in [4.69, 9.17) is 13.0 Å². The Morgan fingerprint density at radius 1 is 0.765 bits per heavy atom. The Labute approximate surface area is 111 Å². The van der Waals surface area contributed by atoms with Crippen molar-refractivity contribution in [1.29, 1.82) is 0 Å². The average Bonchev–Trinajstić information content (AvgIpc) is 1.93. The summed E-state index contributed by atoms with van der Waals surface area (Å²) in [6.45, 7) is 16.2. The van der Waals surface area contributed by atoms with Gasteiger partial charge >= 0.3 is 8.56 Å². The van der Waals surface area contributed by atoms with Crippen molar-refractivity contribution in [2.24, 2.45) is 0 Å². The lowest BCUT2D eigenvalue weighted by atomic mass is 10.9. The Kier molecular flexibility index (Phi) is 8.41. The molecule has 0 amide bonds. The second-order valence-corrected chi connectivity index (χ2v) is 19.2. The van der Waals surface area contributed by atoms with Gasteiger partial charge in [0, 0.05) is 19.8 Å². The molecule has 0 fully saturated rings. The zero-order chi connectivity index (χ0) is 13.0. The lowest BCUT2D eigenvalue weighted by Gasteiger charge is -2.38. The van der Waals surface area contributed by atoms with Crippen LogP contribution in [-0.4, -0.2) is 38.9 Å². The molecule has 0 N–H and O–H groups in total. The monoisotopic (exact) mass is 296 g/mol. The van der Waals surface area contributed by atoms with Gasteiger partial charge in [-0.1, -0.05) is 7.43 Å². The van der Waals surface area contributed by atoms with Gasteiger partial charge in [0.2, 0.25) is 0 Å². The molecule has 0 unspecified atom stereocenters. The zero-order valence-corrected chi connectivity index (χ0v) is 15.1. The molecule has 0 radical (unpaired) electrons. The molecule has 0 spiro atoms. The highest BCUT2D eigenvalue weighted by atomic mass is 28.5. The van der Waals surface area contributed by atoms with Crippen LogP contribution in [0.4, 0.5) is 0 Å². The molecule has 0 atom stereocenters. The van der Waals surface area contributed by atoms with E-state index in [9.17, 15) is 0 Å². The molecule has 0 aromatic rings. The molecular weight excluding hydrogens is 264 g/mol. The molecule has 106 valence electrons. The van der Waals surface area contributed by atoms with Gasteiger partial charge in [-0.05, 0) is 45.8 Å². The van der Waals surface area contributed by atoms with E-state index in [2.05, 4.69) is 45.8 Å². The van der Waals surface area contributed by atoms with E-state index in [-0.39, 0.29) is 7.43 Å². The van der Waals surface area contributed by atoms with Gasteiger partial charge in [-0.2, -0.15) is 0 Å². The van der Waals surface area contributed by atoms with E-state index < -0.39 is 25.2 Å². The highest BCUT2D eigenvalue weighted by Gasteiger charge is 2.39. The molecule has 0 saturated heterocycles. The molecule has 0 aliphatic carbocycles. The van der Waals surface area contributed by atoms with Crippen molar-refractivity contribution >= 4 is 25.2 Å². The second kappa shape index (κ2) is 7.20. The lowest BCUT2D eigenvalue weighted by molar-refractivity contribution is 0.205. The van der Waals surface area contributed by atoms with E-state index in [1.165, 1.54) is 0 Å². The zero-order valence-electron chi connectivity index (χ0n) is 12.1. The highest BCUT2D eigenvalue weighted by Crippen LogP contribution is 2.23. The maximum absolute atomic E-state index is 6.31. The number of methoxy groups -OCH3 is 1. The summed E-state index contributed by atoms with van der Waals surface area (Å²) in [7, 11) is -3.39. The average molecular weight is 297 g/mol. The van der Waals surface area contributed by atoms with Crippen molar-refractivity contribution in [2.75, 3.05) is 13.7 Å². The molecule has 6 heteroatoms. The van der Waals surface area contributed by atoms with Crippen molar-refractivity contribution in [2.45, 2.75) is 59.3 Å². The second-order valence-electron chi connectivity index (χ2n) is 6.31. The van der Waals surface area contributed by atoms with E-state index in [0.717, 1.165) is 12.7 Å². The molecule has 0 rings (SSSR count). The first-order valence-electron chi connectivity index (χ1n) is 5.87. The van der Waals surface area contributed by atoms with Crippen molar-refractivity contribution in [3.63, 3.8) is 0 Å². The summed E-state index contributed by atoms with van der Waals surface area (Å²) in [5.41, 5.74) is 0. The largest absolute Gasteiger partial charge is 0.437 e. The Bertz CT molecular complexity index is 193. The first-order chi connectivity index (χ1) is 6.97. The topological polar surface area (TPSA) is 27.7 Å². The third-order valence-electron chi connectivity index (χ3n) is 1.80. The molecule has 0 aromatic heterocycles. The van der Waals surface area contributed by atoms with Crippen LogP contribution < -0.4 is 0 Å². The molecule has 0 saturated carbocycles. The summed E-state index contributed by atoms with van der Waals surface area (Å²) >= 11 is 0. The maximum atomic E-state index is 6.31. The van der Waals surface area contributed by atoms with Gasteiger partial charge in [-0.3, -0.25) is 0 Å². The van der Waals surface area contributed by atoms with Gasteiger partial charge in [0.15, 0.2) is 16.6 Å². The third-order valence-corrected chi connectivity index (χ3v) is 11.3. The normalized spacial score (nSPS) is 13.4. The minimum atomic E-state index is -2.04. The summed E-state index contributed by atoms with van der Waals surface area (Å²) in [5, 5.41) is 0. The molecular formula is C11H32O3Si3. The predicted molar refractivity (Wildman–Crippen MR) is 83.9 cm³/mol. The van der Waals surface area contributed by atoms with Crippen LogP contribution >= 0.6 is 0 Å². The van der Waals surface area contributed by atoms with E-state index in [1.54, 1.807) is 7.11 Å². The van der Waals surface area contributed by atoms with Crippen LogP contribution in [0.5, 0.6) is 0 Å². The summed E-state index contributed by atoms with van der Waals surface area (Å²) in [6.07, 6.45) is 0. The van der Waals surface area contributed by atoms with Crippen molar-refractivity contribution in [3.8, 4) is 0 Å². The highest BCUT2D eigenvalue weighted by molar-refractivity contribution is 6.87. The molecule has 0 heterocycles. The third kappa shape index (κ3) is 11.4. The number of hydrogen-bond donors (Lipinski definition) is 0. The van der Waals surface area contributed by atoms with Crippen molar-refractivity contribution in [1.82, 2.24) is 0 Å². The van der Waals surface area contributed by atoms with Crippen LogP contribution in [0.3, 0.4) is 0 Å². The Hall–Kier alpha value is 0.531. The minimum Gasteiger partial charge on any atom is -0.437 e. The summed E-state index contributed by atoms with van der Waals surface area (Å²) in [4.78, 5) is 0. The van der Waals surface area contributed by atoms with E-state index in [0.29, 0.717) is 0 Å². The quantitative estimate of drug-likeness (QED) is 0.664. The van der Waals surface area contributed by atoms with Gasteiger partial charge in [0.25, 0.3) is 0 Å². The fourth-order valence-corrected chi connectivity index (χ4v) is 14.0. The SMILES string of the molecule is C.COCC[Si](C)(O[Si](C)(C)C)O[Si](C)(C)C. The van der Waals surface area contributed by atoms with Gasteiger partial charge in [0.1, 0.15) is 0 Å². The van der Waals surface area contributed by atoms with Gasteiger partial charge in [0.05, 0.1) is 0 Å². The van der Waals surface area contributed by atoms with Gasteiger partial charge in [-0.25, -0.2) is 0 Å². The number of ether oxygens (including phenoxy) is 1. The van der Waals surface area contributed by atoms with Gasteiger partial charge < -0.3 is 13.0 Å². The molecule has 0 aromatic carbocycles. The Morgan fingerprint density at radius 3 is 1.35 bits per heavy atom. The fourth-order valence-electron chi connectivity index (χ4n) is 1.71. The van der Waals surface area contributed by atoms with Crippen LogP contribution in [0, 0.1) is 0 Å². The molecule has 0 aliphatic rings. The summed E-state index contributed by atoms with van der Waals surface area (Å²) < 4.78 is 17.8. The van der Waals surface area contributed by atoms with E-state index in [1.807, 2.05) is 0 Å². The van der Waals surface area contributed by atoms with Crippen LogP contribution in [0.2, 0.25) is 51.9 Å². The fraction of sp³-hybridized carbons (Fsp3) is 1.00. The standard InChI is InChI=1S/C10H28O3Si3.CH4/c1-11-9-10-16(8,12-14(2,3)4)13-15(5,6)7;/h9-10H2,1-8H3;1H4. The maximum Gasteiger partial charge on any atom is 0.316 e. The Balaban J connectivity index is 0. The van der Waals surface area contributed by atoms with Crippen LogP contribution in [0.25, 0.3) is 0 Å². The first kappa shape index (κ1) is 19.9. The molecule has 3 nitrogen and oxygen atoms in total. The minimum absolute atomic E-state index is 0. The predicted octanol–water partition coefficient (Wildman–Crippen LogP) is 4.04. The van der Waals surface area contributed by atoms with Crippen LogP contribution in [0.1, 0.15) is 7.43 Å². The van der Waals surface area contributed by atoms with Gasteiger partial charge in [-0.15, -0.1) is 0 Å². The van der Waals surface area contributed by atoms with E-state index >= 15 is 0 Å². The van der Waals surface area contributed by atoms with Crippen LogP contribution in [-0.2, 0) is 13.0 Å². The lowest BCUT2D eigenvalue weighted by Crippen LogP contribution is -2.53. The smallest absolute Gasteiger partial charge is 0.316 e. The number of hydrogen-bond acceptors (Lipinski definition) is 3. The first-order valence-corrected chi connectivity index (χ1v) is 15.2. The summed E-state index contributed by atoms with van der Waals surface area (Å²) in [6, 6.07) is 0.929. The Morgan fingerprint density at radius 2 is 1.12 bits per heavy atom. The van der Waals surface area contributed by atoms with Crippen molar-refractivity contribution in [3.05, 3.63) is 0 Å². The molecule has 17 heavy (non-hydrogen) atoms.